The monoisotopic (exact) mass is 503 g/mol. The van der Waals surface area contributed by atoms with Crippen molar-refractivity contribution in [1.29, 1.82) is 0 Å². The van der Waals surface area contributed by atoms with Gasteiger partial charge in [0.2, 0.25) is 0 Å². The molecule has 0 unspecified atom stereocenters. The van der Waals surface area contributed by atoms with Crippen molar-refractivity contribution in [2.45, 2.75) is 85.0 Å². The molecule has 3 atom stereocenters. The van der Waals surface area contributed by atoms with E-state index in [2.05, 4.69) is 11.9 Å². The summed E-state index contributed by atoms with van der Waals surface area (Å²) in [5.74, 6) is 0.934. The van der Waals surface area contributed by atoms with Crippen LogP contribution < -0.4 is 0 Å². The van der Waals surface area contributed by atoms with E-state index in [4.69, 9.17) is 21.1 Å². The summed E-state index contributed by atoms with van der Waals surface area (Å²) in [5.41, 5.74) is 0.749. The van der Waals surface area contributed by atoms with E-state index >= 15 is 0 Å². The third-order valence-electron chi connectivity index (χ3n) is 5.95. The average Bonchev–Trinajstić information content (AvgIpc) is 3.36. The minimum Gasteiger partial charge on any atom is -0.444 e. The Balaban J connectivity index is 1.70. The molecule has 1 fully saturated rings. The van der Waals surface area contributed by atoms with Crippen molar-refractivity contribution in [2.24, 2.45) is 11.8 Å². The third-order valence-corrected chi connectivity index (χ3v) is 6.20. The number of halogens is 1. The zero-order valence-corrected chi connectivity index (χ0v) is 22.6. The number of carbonyl (C=O) groups is 2. The Morgan fingerprint density at radius 1 is 1.11 bits per heavy atom. The number of ether oxygens (including phenoxy) is 2. The molecule has 0 saturated heterocycles. The first kappa shape index (κ1) is 27.1. The fourth-order valence-corrected chi connectivity index (χ4v) is 4.34. The molecular weight excluding hydrogens is 466 g/mol. The van der Waals surface area contributed by atoms with Gasteiger partial charge < -0.3 is 14.4 Å². The molecule has 0 bridgehead atoms. The molecule has 0 radical (unpaired) electrons. The molecule has 0 N–H and O–H groups in total. The van der Waals surface area contributed by atoms with Crippen LogP contribution >= 0.6 is 11.6 Å². The van der Waals surface area contributed by atoms with Crippen molar-refractivity contribution in [2.75, 3.05) is 6.54 Å². The molecule has 1 saturated carbocycles. The first-order valence-electron chi connectivity index (χ1n) is 12.3. The summed E-state index contributed by atoms with van der Waals surface area (Å²) in [6.07, 6.45) is 4.44. The summed E-state index contributed by atoms with van der Waals surface area (Å²) >= 11 is 6.04. The zero-order chi connectivity index (χ0) is 26.0. The van der Waals surface area contributed by atoms with Crippen LogP contribution in [-0.2, 0) is 16.0 Å². The van der Waals surface area contributed by atoms with E-state index in [9.17, 15) is 9.59 Å². The third kappa shape index (κ3) is 7.99. The van der Waals surface area contributed by atoms with E-state index < -0.39 is 17.3 Å². The average molecular weight is 504 g/mol. The molecule has 1 aromatic heterocycles. The maximum Gasteiger partial charge on any atom is 0.419 e. The van der Waals surface area contributed by atoms with E-state index in [0.29, 0.717) is 24.0 Å². The van der Waals surface area contributed by atoms with E-state index in [0.717, 1.165) is 24.1 Å². The van der Waals surface area contributed by atoms with Gasteiger partial charge in [0.25, 0.3) is 0 Å². The first-order chi connectivity index (χ1) is 16.3. The van der Waals surface area contributed by atoms with Gasteiger partial charge in [-0.2, -0.15) is 0 Å². The molecule has 3 rings (SSSR count). The van der Waals surface area contributed by atoms with Crippen molar-refractivity contribution in [1.82, 2.24) is 14.5 Å². The summed E-state index contributed by atoms with van der Waals surface area (Å²) in [6.45, 7) is 14.3. The number of nitrogens with zero attached hydrogens (tertiary/aromatic N) is 3. The van der Waals surface area contributed by atoms with Gasteiger partial charge in [-0.25, -0.2) is 19.1 Å². The van der Waals surface area contributed by atoms with Gasteiger partial charge in [0, 0.05) is 30.2 Å². The summed E-state index contributed by atoms with van der Waals surface area (Å²) in [5, 5.41) is 0.663. The van der Waals surface area contributed by atoms with Crippen molar-refractivity contribution < 1.29 is 19.1 Å². The van der Waals surface area contributed by atoms with Gasteiger partial charge in [0.05, 0.1) is 5.69 Å². The Hall–Kier alpha value is -2.54. The molecule has 1 aromatic carbocycles. The van der Waals surface area contributed by atoms with Crippen LogP contribution in [0.1, 0.15) is 78.5 Å². The lowest BCUT2D eigenvalue weighted by Gasteiger charge is -2.30. The first-order valence-corrected chi connectivity index (χ1v) is 12.6. The minimum atomic E-state index is -0.576. The number of hydrogen-bond donors (Lipinski definition) is 0. The molecule has 35 heavy (non-hydrogen) atoms. The second-order valence-corrected chi connectivity index (χ2v) is 11.8. The van der Waals surface area contributed by atoms with Gasteiger partial charge in [-0.3, -0.25) is 0 Å². The molecule has 1 amide bonds. The molecule has 1 heterocycles. The Labute approximate surface area is 213 Å². The molecule has 2 aromatic rings. The van der Waals surface area contributed by atoms with Crippen LogP contribution in [0.4, 0.5) is 9.59 Å². The second kappa shape index (κ2) is 10.6. The molecule has 0 aliphatic heterocycles. The summed E-state index contributed by atoms with van der Waals surface area (Å²) in [4.78, 5) is 31.7. The van der Waals surface area contributed by atoms with Crippen LogP contribution in [0, 0.1) is 11.8 Å². The van der Waals surface area contributed by atoms with E-state index in [1.165, 1.54) is 10.9 Å². The Kier molecular flexibility index (Phi) is 8.20. The summed E-state index contributed by atoms with van der Waals surface area (Å²) < 4.78 is 12.6. The van der Waals surface area contributed by atoms with E-state index in [1.54, 1.807) is 11.1 Å². The van der Waals surface area contributed by atoms with Gasteiger partial charge in [0.1, 0.15) is 17.5 Å². The second-order valence-electron chi connectivity index (χ2n) is 11.3. The Morgan fingerprint density at radius 2 is 1.74 bits per heavy atom. The van der Waals surface area contributed by atoms with Crippen LogP contribution in [0.5, 0.6) is 0 Å². The Morgan fingerprint density at radius 3 is 2.31 bits per heavy atom. The SMILES string of the molecule is CC[C@H](CN(Cc1ccc(Cl)cc1)C(=O)OC(C)(C)C)[C@@H]1C[C@H]1c1cn(C(=O)OC(C)(C)C)cn1. The van der Waals surface area contributed by atoms with E-state index in [1.807, 2.05) is 65.8 Å². The molecule has 0 spiro atoms. The molecule has 8 heteroatoms. The van der Waals surface area contributed by atoms with Crippen LogP contribution in [-0.4, -0.2) is 44.4 Å². The lowest BCUT2D eigenvalue weighted by Crippen LogP contribution is -2.39. The van der Waals surface area contributed by atoms with Crippen molar-refractivity contribution in [3.05, 3.63) is 53.1 Å². The van der Waals surface area contributed by atoms with Crippen LogP contribution in [0.2, 0.25) is 5.02 Å². The van der Waals surface area contributed by atoms with Gasteiger partial charge in [0.15, 0.2) is 0 Å². The van der Waals surface area contributed by atoms with Gasteiger partial charge in [-0.15, -0.1) is 0 Å². The number of imidazole rings is 1. The predicted molar refractivity (Wildman–Crippen MR) is 137 cm³/mol. The highest BCUT2D eigenvalue weighted by Crippen LogP contribution is 2.52. The fourth-order valence-electron chi connectivity index (χ4n) is 4.21. The van der Waals surface area contributed by atoms with Crippen molar-refractivity contribution in [3.63, 3.8) is 0 Å². The highest BCUT2D eigenvalue weighted by atomic mass is 35.5. The summed E-state index contributed by atoms with van der Waals surface area (Å²) in [7, 11) is 0. The highest BCUT2D eigenvalue weighted by Gasteiger charge is 2.45. The lowest BCUT2D eigenvalue weighted by molar-refractivity contribution is 0.0192. The quantitative estimate of drug-likeness (QED) is 0.411. The number of carbonyl (C=O) groups excluding carboxylic acids is 2. The van der Waals surface area contributed by atoms with Crippen molar-refractivity contribution >= 4 is 23.8 Å². The van der Waals surface area contributed by atoms with Gasteiger partial charge in [-0.1, -0.05) is 37.1 Å². The number of aromatic nitrogens is 2. The maximum absolute atomic E-state index is 13.1. The van der Waals surface area contributed by atoms with E-state index in [-0.39, 0.29) is 17.9 Å². The molecule has 7 nitrogen and oxygen atoms in total. The van der Waals surface area contributed by atoms with Crippen LogP contribution in [0.15, 0.2) is 36.8 Å². The number of benzene rings is 1. The molecule has 1 aliphatic carbocycles. The number of amides is 1. The lowest BCUT2D eigenvalue weighted by atomic mass is 9.97. The standard InChI is InChI=1S/C27H38ClN3O4/c1-8-19(21-13-22(21)23-16-31(17-29-23)25(33)35-27(5,6)7)15-30(24(32)34-26(2,3)4)14-18-9-11-20(28)12-10-18/h9-12,16-17,19,21-22H,8,13-15H2,1-7H3/t19-,21+,22-/m1/s1. The smallest absolute Gasteiger partial charge is 0.419 e. The van der Waals surface area contributed by atoms with Crippen LogP contribution in [0.25, 0.3) is 0 Å². The van der Waals surface area contributed by atoms with Crippen LogP contribution in [0.3, 0.4) is 0 Å². The number of hydrogen-bond acceptors (Lipinski definition) is 5. The van der Waals surface area contributed by atoms with Crippen molar-refractivity contribution in [3.8, 4) is 0 Å². The zero-order valence-electron chi connectivity index (χ0n) is 21.9. The predicted octanol–water partition coefficient (Wildman–Crippen LogP) is 6.89. The molecular formula is C27H38ClN3O4. The topological polar surface area (TPSA) is 73.7 Å². The normalized spacial score (nSPS) is 18.6. The highest BCUT2D eigenvalue weighted by molar-refractivity contribution is 6.30. The maximum atomic E-state index is 13.1. The summed E-state index contributed by atoms with van der Waals surface area (Å²) in [6, 6.07) is 7.53. The Bertz CT molecular complexity index is 1020. The fraction of sp³-hybridized carbons (Fsp3) is 0.593. The largest absolute Gasteiger partial charge is 0.444 e. The minimum absolute atomic E-state index is 0.264. The van der Waals surface area contributed by atoms with Gasteiger partial charge in [-0.05, 0) is 77.5 Å². The van der Waals surface area contributed by atoms with Gasteiger partial charge >= 0.3 is 12.2 Å². The molecule has 192 valence electrons. The number of rotatable bonds is 7. The molecule has 1 aliphatic rings.